The third-order valence-corrected chi connectivity index (χ3v) is 3.54. The number of ketones is 1. The van der Waals surface area contributed by atoms with Crippen LogP contribution in [0.4, 0.5) is 0 Å². The molecule has 0 unspecified atom stereocenters. The van der Waals surface area contributed by atoms with Gasteiger partial charge in [0.1, 0.15) is 11.3 Å². The Morgan fingerprint density at radius 3 is 2.67 bits per heavy atom. The predicted molar refractivity (Wildman–Crippen MR) is 88.6 cm³/mol. The van der Waals surface area contributed by atoms with Crippen molar-refractivity contribution >= 4 is 22.8 Å². The molecule has 6 nitrogen and oxygen atoms in total. The minimum Gasteiger partial charge on any atom is -0.504 e. The standard InChI is InChI=1S/C18H15NO5/c1-22-16-12-8-10-24-17(12)18(23-2)15(21)14(16)13(20)7-6-11-5-3-4-9-19-11/h3-10,21H,1-2H3. The number of fused-ring (bicyclic) bond motifs is 1. The number of aromatic hydroxyl groups is 1. The van der Waals surface area contributed by atoms with Gasteiger partial charge in [0.2, 0.25) is 5.75 Å². The molecule has 1 aromatic carbocycles. The van der Waals surface area contributed by atoms with Gasteiger partial charge in [0.15, 0.2) is 17.1 Å². The van der Waals surface area contributed by atoms with Crippen LogP contribution in [-0.2, 0) is 0 Å². The van der Waals surface area contributed by atoms with Gasteiger partial charge >= 0.3 is 0 Å². The first-order valence-corrected chi connectivity index (χ1v) is 7.15. The number of carbonyl (C=O) groups excluding carboxylic acids is 1. The quantitative estimate of drug-likeness (QED) is 0.571. The maximum absolute atomic E-state index is 12.6. The topological polar surface area (TPSA) is 81.8 Å². The van der Waals surface area contributed by atoms with Crippen LogP contribution in [0.25, 0.3) is 17.0 Å². The molecule has 2 aromatic heterocycles. The minimum absolute atomic E-state index is 0.00966. The largest absolute Gasteiger partial charge is 0.504 e. The maximum Gasteiger partial charge on any atom is 0.205 e. The number of benzene rings is 1. The van der Waals surface area contributed by atoms with E-state index < -0.39 is 5.78 Å². The van der Waals surface area contributed by atoms with Crippen molar-refractivity contribution in [2.24, 2.45) is 0 Å². The lowest BCUT2D eigenvalue weighted by Crippen LogP contribution is -2.02. The van der Waals surface area contributed by atoms with Gasteiger partial charge < -0.3 is 19.0 Å². The van der Waals surface area contributed by atoms with Crippen LogP contribution in [0.2, 0.25) is 0 Å². The van der Waals surface area contributed by atoms with Gasteiger partial charge in [0.05, 0.1) is 31.6 Å². The fourth-order valence-corrected chi connectivity index (χ4v) is 2.48. The van der Waals surface area contributed by atoms with E-state index >= 15 is 0 Å². The number of hydrogen-bond acceptors (Lipinski definition) is 6. The van der Waals surface area contributed by atoms with Crippen molar-refractivity contribution in [1.29, 1.82) is 0 Å². The summed E-state index contributed by atoms with van der Waals surface area (Å²) in [7, 11) is 2.81. The van der Waals surface area contributed by atoms with E-state index in [9.17, 15) is 9.90 Å². The third kappa shape index (κ3) is 2.58. The second-order valence-electron chi connectivity index (χ2n) is 4.91. The van der Waals surface area contributed by atoms with E-state index in [-0.39, 0.29) is 22.8 Å². The van der Waals surface area contributed by atoms with Crippen LogP contribution in [0.15, 0.2) is 47.2 Å². The lowest BCUT2D eigenvalue weighted by atomic mass is 10.0. The highest BCUT2D eigenvalue weighted by Crippen LogP contribution is 2.45. The zero-order chi connectivity index (χ0) is 17.1. The highest BCUT2D eigenvalue weighted by Gasteiger charge is 2.26. The van der Waals surface area contributed by atoms with Crippen molar-refractivity contribution in [2.75, 3.05) is 14.2 Å². The summed E-state index contributed by atoms with van der Waals surface area (Å²) in [5, 5.41) is 11.0. The molecule has 0 bridgehead atoms. The van der Waals surface area contributed by atoms with Gasteiger partial charge in [-0.15, -0.1) is 0 Å². The average molecular weight is 325 g/mol. The Kier molecular flexibility index (Phi) is 4.20. The number of pyridine rings is 1. The Morgan fingerprint density at radius 2 is 2.00 bits per heavy atom. The van der Waals surface area contributed by atoms with Crippen molar-refractivity contribution < 1.29 is 23.8 Å². The number of nitrogens with zero attached hydrogens (tertiary/aromatic N) is 1. The van der Waals surface area contributed by atoms with Gasteiger partial charge in [0, 0.05) is 6.20 Å². The molecule has 2 heterocycles. The number of phenolic OH excluding ortho intramolecular Hbond substituents is 1. The monoisotopic (exact) mass is 325 g/mol. The van der Waals surface area contributed by atoms with Gasteiger partial charge in [-0.2, -0.15) is 0 Å². The van der Waals surface area contributed by atoms with Crippen LogP contribution in [-0.4, -0.2) is 30.1 Å². The first-order valence-electron chi connectivity index (χ1n) is 7.15. The first-order chi connectivity index (χ1) is 11.7. The van der Waals surface area contributed by atoms with Crippen LogP contribution in [0.5, 0.6) is 17.2 Å². The Morgan fingerprint density at radius 1 is 1.21 bits per heavy atom. The summed E-state index contributed by atoms with van der Waals surface area (Å²) in [6, 6.07) is 7.01. The third-order valence-electron chi connectivity index (χ3n) is 3.54. The summed E-state index contributed by atoms with van der Waals surface area (Å²) in [4.78, 5) is 16.7. The summed E-state index contributed by atoms with van der Waals surface area (Å²) in [5.74, 6) is -0.443. The molecule has 0 aliphatic carbocycles. The van der Waals surface area contributed by atoms with Crippen LogP contribution in [0, 0.1) is 0 Å². The molecular formula is C18H15NO5. The Balaban J connectivity index is 2.12. The highest BCUT2D eigenvalue weighted by molar-refractivity contribution is 6.15. The molecule has 3 rings (SSSR count). The molecule has 3 aromatic rings. The molecule has 0 aliphatic heterocycles. The number of rotatable bonds is 5. The SMILES string of the molecule is COc1c(C(=O)C=Cc2ccccn2)c(O)c(OC)c2occc12. The molecule has 6 heteroatoms. The number of aromatic nitrogens is 1. The minimum atomic E-state index is -0.434. The summed E-state index contributed by atoms with van der Waals surface area (Å²) in [6.07, 6.45) is 5.95. The van der Waals surface area contributed by atoms with Crippen molar-refractivity contribution in [3.8, 4) is 17.2 Å². The smallest absolute Gasteiger partial charge is 0.205 e. The summed E-state index contributed by atoms with van der Waals surface area (Å²) in [5.41, 5.74) is 0.952. The number of allylic oxidation sites excluding steroid dienone is 1. The van der Waals surface area contributed by atoms with E-state index in [1.54, 1.807) is 30.5 Å². The van der Waals surface area contributed by atoms with Gasteiger partial charge in [0.25, 0.3) is 0 Å². The Bertz CT molecular complexity index is 912. The van der Waals surface area contributed by atoms with Crippen LogP contribution >= 0.6 is 0 Å². The number of carbonyl (C=O) groups is 1. The van der Waals surface area contributed by atoms with E-state index in [2.05, 4.69) is 4.98 Å². The molecule has 0 amide bonds. The average Bonchev–Trinajstić information content (AvgIpc) is 3.08. The summed E-state index contributed by atoms with van der Waals surface area (Å²) < 4.78 is 15.8. The van der Waals surface area contributed by atoms with Crippen molar-refractivity contribution in [2.45, 2.75) is 0 Å². The first kappa shape index (κ1) is 15.6. The molecule has 0 spiro atoms. The molecule has 122 valence electrons. The van der Waals surface area contributed by atoms with E-state index in [0.717, 1.165) is 0 Å². The maximum atomic E-state index is 12.6. The van der Waals surface area contributed by atoms with E-state index in [1.807, 2.05) is 6.07 Å². The van der Waals surface area contributed by atoms with Crippen molar-refractivity contribution in [3.63, 3.8) is 0 Å². The Hall–Kier alpha value is -3.28. The lowest BCUT2D eigenvalue weighted by molar-refractivity contribution is 0.104. The van der Waals surface area contributed by atoms with Gasteiger partial charge in [-0.05, 0) is 30.4 Å². The molecular weight excluding hydrogens is 310 g/mol. The number of phenols is 1. The predicted octanol–water partition coefficient (Wildman–Crippen LogP) is 3.45. The van der Waals surface area contributed by atoms with Gasteiger partial charge in [-0.25, -0.2) is 0 Å². The zero-order valence-corrected chi connectivity index (χ0v) is 13.1. The van der Waals surface area contributed by atoms with Crippen LogP contribution in [0.3, 0.4) is 0 Å². The fraction of sp³-hybridized carbons (Fsp3) is 0.111. The molecule has 0 radical (unpaired) electrons. The molecule has 0 saturated carbocycles. The second-order valence-corrected chi connectivity index (χ2v) is 4.91. The summed E-state index contributed by atoms with van der Waals surface area (Å²) in [6.45, 7) is 0. The Labute approximate surface area is 138 Å². The molecule has 0 atom stereocenters. The van der Waals surface area contributed by atoms with Crippen LogP contribution in [0.1, 0.15) is 16.1 Å². The fourth-order valence-electron chi connectivity index (χ4n) is 2.48. The van der Waals surface area contributed by atoms with E-state index in [0.29, 0.717) is 16.7 Å². The zero-order valence-electron chi connectivity index (χ0n) is 13.1. The lowest BCUT2D eigenvalue weighted by Gasteiger charge is -2.12. The van der Waals surface area contributed by atoms with Crippen molar-refractivity contribution in [3.05, 3.63) is 54.1 Å². The normalized spacial score (nSPS) is 11.1. The number of ether oxygens (including phenoxy) is 2. The number of furan rings is 1. The van der Waals surface area contributed by atoms with Crippen molar-refractivity contribution in [1.82, 2.24) is 4.98 Å². The number of methoxy groups -OCH3 is 2. The molecule has 0 saturated heterocycles. The van der Waals surface area contributed by atoms with Crippen LogP contribution < -0.4 is 9.47 Å². The molecule has 0 fully saturated rings. The summed E-state index contributed by atoms with van der Waals surface area (Å²) >= 11 is 0. The molecule has 0 aliphatic rings. The van der Waals surface area contributed by atoms with E-state index in [1.165, 1.54) is 26.6 Å². The molecule has 24 heavy (non-hydrogen) atoms. The highest BCUT2D eigenvalue weighted by atomic mass is 16.5. The van der Waals surface area contributed by atoms with Gasteiger partial charge in [-0.1, -0.05) is 6.07 Å². The van der Waals surface area contributed by atoms with E-state index in [4.69, 9.17) is 13.9 Å². The number of hydrogen-bond donors (Lipinski definition) is 1. The second kappa shape index (κ2) is 6.45. The molecule has 1 N–H and O–H groups in total. The van der Waals surface area contributed by atoms with Gasteiger partial charge in [-0.3, -0.25) is 9.78 Å².